The second-order valence-electron chi connectivity index (χ2n) is 4.55. The monoisotopic (exact) mass is 293 g/mol. The van der Waals surface area contributed by atoms with Gasteiger partial charge in [-0.25, -0.2) is 9.97 Å². The first-order valence-corrected chi connectivity index (χ1v) is 7.01. The molecule has 0 fully saturated rings. The van der Waals surface area contributed by atoms with Crippen molar-refractivity contribution in [1.29, 1.82) is 0 Å². The van der Waals surface area contributed by atoms with Gasteiger partial charge in [0.15, 0.2) is 0 Å². The number of rotatable bonds is 7. The van der Waals surface area contributed by atoms with Crippen LogP contribution in [-0.2, 0) is 0 Å². The van der Waals surface area contributed by atoms with E-state index in [1.165, 1.54) is 0 Å². The normalized spacial score (nSPS) is 10.6. The van der Waals surface area contributed by atoms with Gasteiger partial charge >= 0.3 is 0 Å². The van der Waals surface area contributed by atoms with Gasteiger partial charge in [-0.1, -0.05) is 26.0 Å². The van der Waals surface area contributed by atoms with Crippen molar-refractivity contribution in [2.45, 2.75) is 20.3 Å². The number of benzene rings is 1. The van der Waals surface area contributed by atoms with E-state index in [2.05, 4.69) is 40.1 Å². The molecule has 1 aromatic carbocycles. The molecule has 0 radical (unpaired) electrons. The van der Waals surface area contributed by atoms with Gasteiger partial charge in [0.25, 0.3) is 0 Å². The molecule has 0 aliphatic rings. The van der Waals surface area contributed by atoms with Crippen molar-refractivity contribution in [2.24, 2.45) is 0 Å². The first-order valence-electron chi connectivity index (χ1n) is 7.01. The average Bonchev–Trinajstić information content (AvgIpc) is 2.47. The fraction of sp³-hybridized carbons (Fsp3) is 0.467. The van der Waals surface area contributed by atoms with E-state index in [0.29, 0.717) is 0 Å². The van der Waals surface area contributed by atoms with Gasteiger partial charge < -0.3 is 22.6 Å². The van der Waals surface area contributed by atoms with E-state index in [1.807, 2.05) is 18.2 Å². The quantitative estimate of drug-likeness (QED) is 0.717. The van der Waals surface area contributed by atoms with Crippen LogP contribution in [0.2, 0.25) is 0 Å². The molecule has 110 valence electrons. The van der Waals surface area contributed by atoms with Crippen molar-refractivity contribution in [3.8, 4) is 0 Å². The molecule has 4 nitrogen and oxygen atoms in total. The average molecular weight is 294 g/mol. The van der Waals surface area contributed by atoms with Crippen molar-refractivity contribution >= 4 is 16.7 Å². The highest BCUT2D eigenvalue weighted by atomic mass is 35.5. The Morgan fingerprint density at radius 3 is 2.60 bits per heavy atom. The molecule has 0 aliphatic carbocycles. The smallest absolute Gasteiger partial charge is 0.137 e. The van der Waals surface area contributed by atoms with E-state index in [1.54, 1.807) is 6.33 Å². The minimum atomic E-state index is 0. The third kappa shape index (κ3) is 4.32. The van der Waals surface area contributed by atoms with Crippen LogP contribution in [0.3, 0.4) is 0 Å². The lowest BCUT2D eigenvalue weighted by Gasteiger charge is -2.17. The van der Waals surface area contributed by atoms with Gasteiger partial charge in [0.1, 0.15) is 12.1 Å². The van der Waals surface area contributed by atoms with Crippen LogP contribution < -0.4 is 17.7 Å². The molecule has 0 saturated heterocycles. The summed E-state index contributed by atoms with van der Waals surface area (Å²) >= 11 is 0. The summed E-state index contributed by atoms with van der Waals surface area (Å²) in [6.45, 7) is 8.71. The number of hydrogen-bond donors (Lipinski definition) is 1. The third-order valence-corrected chi connectivity index (χ3v) is 3.38. The molecule has 1 N–H and O–H groups in total. The Bertz CT molecular complexity index is 509. The summed E-state index contributed by atoms with van der Waals surface area (Å²) in [7, 11) is 0. The Morgan fingerprint density at radius 1 is 1.10 bits per heavy atom. The Labute approximate surface area is 127 Å². The van der Waals surface area contributed by atoms with Crippen LogP contribution in [0, 0.1) is 0 Å². The highest BCUT2D eigenvalue weighted by Crippen LogP contribution is 2.17. The number of para-hydroxylation sites is 1. The number of nitrogens with one attached hydrogen (secondary N) is 1. The molecule has 20 heavy (non-hydrogen) atoms. The maximum atomic E-state index is 4.33. The summed E-state index contributed by atoms with van der Waals surface area (Å²) in [5, 5.41) is 4.50. The lowest BCUT2D eigenvalue weighted by Crippen LogP contribution is -3.00. The topological polar surface area (TPSA) is 41.0 Å². The summed E-state index contributed by atoms with van der Waals surface area (Å²) < 4.78 is 0. The minimum Gasteiger partial charge on any atom is -1.00 e. The number of fused-ring (bicyclic) bond motifs is 1. The van der Waals surface area contributed by atoms with E-state index in [4.69, 9.17) is 0 Å². The maximum absolute atomic E-state index is 4.33. The van der Waals surface area contributed by atoms with Crippen molar-refractivity contribution in [2.75, 3.05) is 31.5 Å². The van der Waals surface area contributed by atoms with Crippen LogP contribution >= 0.6 is 0 Å². The van der Waals surface area contributed by atoms with E-state index >= 15 is 0 Å². The van der Waals surface area contributed by atoms with Crippen LogP contribution in [0.4, 0.5) is 5.82 Å². The third-order valence-electron chi connectivity index (χ3n) is 3.38. The van der Waals surface area contributed by atoms with Crippen LogP contribution in [0.1, 0.15) is 20.3 Å². The van der Waals surface area contributed by atoms with Crippen molar-refractivity contribution < 1.29 is 12.4 Å². The molecule has 0 unspecified atom stereocenters. The highest BCUT2D eigenvalue weighted by molar-refractivity contribution is 5.88. The Balaban J connectivity index is 0.00000200. The predicted octanol–water partition coefficient (Wildman–Crippen LogP) is -0.222. The molecule has 2 aromatic rings. The molecule has 0 amide bonds. The summed E-state index contributed by atoms with van der Waals surface area (Å²) in [6.07, 6.45) is 2.75. The highest BCUT2D eigenvalue weighted by Gasteiger charge is 2.02. The van der Waals surface area contributed by atoms with Gasteiger partial charge in [-0.2, -0.15) is 0 Å². The summed E-state index contributed by atoms with van der Waals surface area (Å²) in [6, 6.07) is 8.09. The Hall–Kier alpha value is -1.39. The van der Waals surface area contributed by atoms with Gasteiger partial charge in [-0.05, 0) is 38.2 Å². The predicted molar refractivity (Wildman–Crippen MR) is 80.4 cm³/mol. The molecule has 0 saturated carbocycles. The maximum Gasteiger partial charge on any atom is 0.137 e. The molecular weight excluding hydrogens is 272 g/mol. The van der Waals surface area contributed by atoms with Crippen molar-refractivity contribution in [3.05, 3.63) is 30.6 Å². The lowest BCUT2D eigenvalue weighted by molar-refractivity contribution is -0.00000413. The standard InChI is InChI=1S/C15H22N4.ClH/c1-3-19(4-2)11-7-10-16-15-13-8-5-6-9-14(13)17-12-18-15;/h5-6,8-9,12H,3-4,7,10-11H2,1-2H3,(H,16,17,18);1H/p-1. The molecule has 0 atom stereocenters. The van der Waals surface area contributed by atoms with Gasteiger partial charge in [-0.3, -0.25) is 0 Å². The van der Waals surface area contributed by atoms with Gasteiger partial charge in [-0.15, -0.1) is 0 Å². The molecule has 1 aromatic heterocycles. The molecule has 0 aliphatic heterocycles. The van der Waals surface area contributed by atoms with Crippen LogP contribution in [0.15, 0.2) is 30.6 Å². The molecule has 0 bridgehead atoms. The Morgan fingerprint density at radius 2 is 1.85 bits per heavy atom. The van der Waals surface area contributed by atoms with Crippen LogP contribution in [0.25, 0.3) is 10.9 Å². The number of anilines is 1. The fourth-order valence-electron chi connectivity index (χ4n) is 2.19. The van der Waals surface area contributed by atoms with Crippen molar-refractivity contribution in [3.63, 3.8) is 0 Å². The van der Waals surface area contributed by atoms with E-state index in [-0.39, 0.29) is 12.4 Å². The zero-order chi connectivity index (χ0) is 13.5. The number of nitrogens with zero attached hydrogens (tertiary/aromatic N) is 3. The van der Waals surface area contributed by atoms with Crippen molar-refractivity contribution in [1.82, 2.24) is 14.9 Å². The van der Waals surface area contributed by atoms with Gasteiger partial charge in [0.05, 0.1) is 5.52 Å². The molecule has 0 spiro atoms. The second kappa shape index (κ2) is 8.72. The summed E-state index contributed by atoms with van der Waals surface area (Å²) in [5.74, 6) is 0.935. The Kier molecular flexibility index (Phi) is 7.26. The second-order valence-corrected chi connectivity index (χ2v) is 4.55. The molecule has 1 heterocycles. The summed E-state index contributed by atoms with van der Waals surface area (Å²) in [4.78, 5) is 11.0. The molecule has 5 heteroatoms. The summed E-state index contributed by atoms with van der Waals surface area (Å²) in [5.41, 5.74) is 0.990. The largest absolute Gasteiger partial charge is 1.00 e. The van der Waals surface area contributed by atoms with Gasteiger partial charge in [0, 0.05) is 11.9 Å². The molecule has 2 rings (SSSR count). The number of aromatic nitrogens is 2. The van der Waals surface area contributed by atoms with Crippen LogP contribution in [-0.4, -0.2) is 41.0 Å². The fourth-order valence-corrected chi connectivity index (χ4v) is 2.19. The van der Waals surface area contributed by atoms with Crippen LogP contribution in [0.5, 0.6) is 0 Å². The van der Waals surface area contributed by atoms with E-state index < -0.39 is 0 Å². The zero-order valence-electron chi connectivity index (χ0n) is 12.1. The van der Waals surface area contributed by atoms with E-state index in [0.717, 1.165) is 49.3 Å². The van der Waals surface area contributed by atoms with Gasteiger partial charge in [0.2, 0.25) is 0 Å². The van der Waals surface area contributed by atoms with E-state index in [9.17, 15) is 0 Å². The lowest BCUT2D eigenvalue weighted by atomic mass is 10.2. The zero-order valence-corrected chi connectivity index (χ0v) is 12.9. The number of halogens is 1. The first-order chi connectivity index (χ1) is 9.35. The molecular formula is C15H22ClN4-. The first kappa shape index (κ1) is 16.7. The number of hydrogen-bond acceptors (Lipinski definition) is 4. The minimum absolute atomic E-state index is 0. The SMILES string of the molecule is CCN(CC)CCCNc1ncnc2ccccc12.[Cl-].